The fourth-order valence-corrected chi connectivity index (χ4v) is 5.24. The maximum absolute atomic E-state index is 13.0. The Hall–Kier alpha value is -2.08. The summed E-state index contributed by atoms with van der Waals surface area (Å²) in [4.78, 5) is 17.3. The molecular weight excluding hydrogens is 388 g/mol. The molecule has 0 spiro atoms. The van der Waals surface area contributed by atoms with Crippen LogP contribution < -0.4 is 0 Å². The number of likely N-dealkylation sites (N-methyl/N-ethyl adjacent to an activating group) is 1. The van der Waals surface area contributed by atoms with Crippen molar-refractivity contribution in [3.63, 3.8) is 0 Å². The van der Waals surface area contributed by atoms with Gasteiger partial charge in [0.15, 0.2) is 0 Å². The number of nitrogens with zero attached hydrogens (tertiary/aromatic N) is 4. The Balaban J connectivity index is 1.59. The first-order valence-electron chi connectivity index (χ1n) is 11.8. The van der Waals surface area contributed by atoms with Crippen LogP contribution >= 0.6 is 0 Å². The third-order valence-electron chi connectivity index (χ3n) is 6.57. The summed E-state index contributed by atoms with van der Waals surface area (Å²) >= 11 is 0. The van der Waals surface area contributed by atoms with Gasteiger partial charge in [-0.05, 0) is 70.5 Å². The van der Waals surface area contributed by atoms with E-state index in [0.29, 0.717) is 17.9 Å². The minimum atomic E-state index is -0.491. The van der Waals surface area contributed by atoms with Gasteiger partial charge in [-0.1, -0.05) is 26.0 Å². The maximum Gasteiger partial charge on any atom is 0.410 e. The van der Waals surface area contributed by atoms with Gasteiger partial charge in [0.05, 0.1) is 17.6 Å². The molecule has 6 heteroatoms. The minimum absolute atomic E-state index is 0.0430. The Bertz CT molecular complexity index is 921. The molecule has 0 unspecified atom stereocenters. The number of amides is 1. The summed E-state index contributed by atoms with van der Waals surface area (Å²) in [6.45, 7) is 13.2. The van der Waals surface area contributed by atoms with E-state index in [0.717, 1.165) is 55.4 Å². The zero-order valence-electron chi connectivity index (χ0n) is 20.0. The van der Waals surface area contributed by atoms with E-state index in [1.807, 2.05) is 25.7 Å². The average molecular weight is 427 g/mol. The second kappa shape index (κ2) is 8.45. The summed E-state index contributed by atoms with van der Waals surface area (Å²) in [5, 5.41) is 6.12. The van der Waals surface area contributed by atoms with E-state index in [9.17, 15) is 4.79 Å². The van der Waals surface area contributed by atoms with Gasteiger partial charge in [-0.3, -0.25) is 4.68 Å². The van der Waals surface area contributed by atoms with E-state index in [1.54, 1.807) is 0 Å². The SMILES string of the molecule is C[C@@H]1C[C@@H](n2cc3ccc([C@@H]4CC[C@H](C)CN4C(=O)OC(C)(C)C)cc3n2)CN(C)C1. The molecule has 4 atom stereocenters. The van der Waals surface area contributed by atoms with Crippen molar-refractivity contribution < 1.29 is 9.53 Å². The van der Waals surface area contributed by atoms with Crippen LogP contribution in [0.4, 0.5) is 4.79 Å². The van der Waals surface area contributed by atoms with Gasteiger partial charge in [0.1, 0.15) is 5.60 Å². The monoisotopic (exact) mass is 426 g/mol. The number of rotatable bonds is 2. The zero-order valence-corrected chi connectivity index (χ0v) is 20.0. The molecule has 2 aliphatic heterocycles. The fourth-order valence-electron chi connectivity index (χ4n) is 5.24. The molecule has 1 aromatic carbocycles. The number of carbonyl (C=O) groups is 1. The second-order valence-electron chi connectivity index (χ2n) is 11.0. The topological polar surface area (TPSA) is 50.6 Å². The molecule has 0 radical (unpaired) electrons. The summed E-state index contributed by atoms with van der Waals surface area (Å²) < 4.78 is 7.89. The van der Waals surface area contributed by atoms with Crippen molar-refractivity contribution >= 4 is 17.0 Å². The number of piperidine rings is 2. The molecule has 0 N–H and O–H groups in total. The van der Waals surface area contributed by atoms with Crippen LogP contribution in [0.1, 0.15) is 71.5 Å². The molecule has 1 amide bonds. The third-order valence-corrected chi connectivity index (χ3v) is 6.57. The Morgan fingerprint density at radius 2 is 1.87 bits per heavy atom. The van der Waals surface area contributed by atoms with Gasteiger partial charge < -0.3 is 14.5 Å². The van der Waals surface area contributed by atoms with Gasteiger partial charge in [-0.15, -0.1) is 0 Å². The lowest BCUT2D eigenvalue weighted by Gasteiger charge is -2.39. The molecule has 170 valence electrons. The molecular formula is C25H38N4O2. The lowest BCUT2D eigenvalue weighted by Crippen LogP contribution is -2.44. The number of carbonyl (C=O) groups excluding carboxylic acids is 1. The molecule has 2 fully saturated rings. The molecule has 0 bridgehead atoms. The molecule has 0 aliphatic carbocycles. The van der Waals surface area contributed by atoms with E-state index in [4.69, 9.17) is 9.84 Å². The van der Waals surface area contributed by atoms with Gasteiger partial charge in [0.2, 0.25) is 0 Å². The first kappa shape index (κ1) is 22.1. The molecule has 1 aromatic heterocycles. The van der Waals surface area contributed by atoms with Crippen LogP contribution in [0, 0.1) is 11.8 Å². The highest BCUT2D eigenvalue weighted by Crippen LogP contribution is 2.36. The van der Waals surface area contributed by atoms with Crippen molar-refractivity contribution in [1.82, 2.24) is 19.6 Å². The highest BCUT2D eigenvalue weighted by molar-refractivity contribution is 5.79. The summed E-state index contributed by atoms with van der Waals surface area (Å²) in [6.07, 6.45) is 5.21. The normalized spacial score (nSPS) is 28.1. The molecule has 6 nitrogen and oxygen atoms in total. The molecule has 0 saturated carbocycles. The molecule has 4 rings (SSSR count). The van der Waals surface area contributed by atoms with Crippen LogP contribution in [0.2, 0.25) is 0 Å². The lowest BCUT2D eigenvalue weighted by molar-refractivity contribution is 0.00365. The van der Waals surface area contributed by atoms with E-state index < -0.39 is 5.60 Å². The van der Waals surface area contributed by atoms with E-state index in [-0.39, 0.29) is 12.1 Å². The standard InChI is InChI=1S/C25H38N4O2/c1-17-7-10-23(28(14-17)24(30)31-25(3,4)5)19-8-9-20-15-29(26-22(20)12-19)21-11-18(2)13-27(6)16-21/h8-9,12,15,17-18,21,23H,7,10-11,13-14,16H2,1-6H3/t17-,18+,21+,23-/m0/s1. The highest BCUT2D eigenvalue weighted by Gasteiger charge is 2.34. The molecule has 2 aromatic rings. The number of fused-ring (bicyclic) bond motifs is 1. The predicted octanol–water partition coefficient (Wildman–Crippen LogP) is 5.26. The quantitative estimate of drug-likeness (QED) is 0.657. The average Bonchev–Trinajstić information content (AvgIpc) is 3.09. The summed E-state index contributed by atoms with van der Waals surface area (Å²) in [7, 11) is 2.19. The van der Waals surface area contributed by atoms with Crippen LogP contribution in [-0.2, 0) is 4.74 Å². The van der Waals surface area contributed by atoms with Gasteiger partial charge in [0, 0.05) is 31.2 Å². The Labute approximate surface area is 186 Å². The number of likely N-dealkylation sites (tertiary alicyclic amines) is 2. The van der Waals surface area contributed by atoms with Crippen molar-refractivity contribution in [2.24, 2.45) is 11.8 Å². The van der Waals surface area contributed by atoms with Crippen molar-refractivity contribution in [1.29, 1.82) is 0 Å². The Morgan fingerprint density at radius 3 is 2.58 bits per heavy atom. The van der Waals surface area contributed by atoms with Gasteiger partial charge >= 0.3 is 6.09 Å². The van der Waals surface area contributed by atoms with Gasteiger partial charge in [-0.2, -0.15) is 5.10 Å². The Morgan fingerprint density at radius 1 is 1.10 bits per heavy atom. The number of aromatic nitrogens is 2. The molecule has 31 heavy (non-hydrogen) atoms. The van der Waals surface area contributed by atoms with E-state index >= 15 is 0 Å². The van der Waals surface area contributed by atoms with Crippen LogP contribution in [0.3, 0.4) is 0 Å². The summed E-state index contributed by atoms with van der Waals surface area (Å²) in [6, 6.07) is 6.97. The van der Waals surface area contributed by atoms with Gasteiger partial charge in [-0.25, -0.2) is 4.79 Å². The molecule has 2 saturated heterocycles. The number of benzene rings is 1. The molecule has 3 heterocycles. The largest absolute Gasteiger partial charge is 0.444 e. The molecule has 2 aliphatic rings. The Kier molecular flexibility index (Phi) is 6.03. The fraction of sp³-hybridized carbons (Fsp3) is 0.680. The third kappa shape index (κ3) is 5.05. The minimum Gasteiger partial charge on any atom is -0.444 e. The summed E-state index contributed by atoms with van der Waals surface area (Å²) in [5.41, 5.74) is 1.68. The number of ether oxygens (including phenoxy) is 1. The van der Waals surface area contributed by atoms with Crippen LogP contribution in [-0.4, -0.2) is 58.0 Å². The van der Waals surface area contributed by atoms with Crippen molar-refractivity contribution in [3.8, 4) is 0 Å². The van der Waals surface area contributed by atoms with Crippen molar-refractivity contribution in [3.05, 3.63) is 30.0 Å². The predicted molar refractivity (Wildman–Crippen MR) is 124 cm³/mol. The highest BCUT2D eigenvalue weighted by atomic mass is 16.6. The summed E-state index contributed by atoms with van der Waals surface area (Å²) in [5.74, 6) is 1.16. The van der Waals surface area contributed by atoms with Crippen molar-refractivity contribution in [2.45, 2.75) is 71.6 Å². The maximum atomic E-state index is 13.0. The van der Waals surface area contributed by atoms with E-state index in [1.165, 1.54) is 0 Å². The van der Waals surface area contributed by atoms with Crippen molar-refractivity contribution in [2.75, 3.05) is 26.7 Å². The second-order valence-corrected chi connectivity index (χ2v) is 11.0. The smallest absolute Gasteiger partial charge is 0.410 e. The van der Waals surface area contributed by atoms with E-state index in [2.05, 4.69) is 54.9 Å². The first-order valence-corrected chi connectivity index (χ1v) is 11.8. The lowest BCUT2D eigenvalue weighted by atomic mass is 9.90. The number of hydrogen-bond acceptors (Lipinski definition) is 4. The van der Waals surface area contributed by atoms with Crippen LogP contribution in [0.15, 0.2) is 24.4 Å². The van der Waals surface area contributed by atoms with Crippen LogP contribution in [0.5, 0.6) is 0 Å². The van der Waals surface area contributed by atoms with Gasteiger partial charge in [0.25, 0.3) is 0 Å². The number of hydrogen-bond donors (Lipinski definition) is 0. The first-order chi connectivity index (χ1) is 14.6. The van der Waals surface area contributed by atoms with Crippen LogP contribution in [0.25, 0.3) is 10.9 Å². The zero-order chi connectivity index (χ0) is 22.3.